The van der Waals surface area contributed by atoms with Gasteiger partial charge in [-0.25, -0.2) is 0 Å². The van der Waals surface area contributed by atoms with E-state index in [9.17, 15) is 10.1 Å². The largest absolute Gasteiger partial charge is 0.360 e. The molecule has 0 aliphatic heterocycles. The van der Waals surface area contributed by atoms with Gasteiger partial charge in [-0.2, -0.15) is 0 Å². The highest BCUT2D eigenvalue weighted by atomic mass is 32.1. The summed E-state index contributed by atoms with van der Waals surface area (Å²) in [6, 6.07) is 6.64. The lowest BCUT2D eigenvalue weighted by Gasteiger charge is -2.19. The van der Waals surface area contributed by atoms with Crippen LogP contribution in [0.15, 0.2) is 24.3 Å². The fourth-order valence-electron chi connectivity index (χ4n) is 2.58. The summed E-state index contributed by atoms with van der Waals surface area (Å²) < 4.78 is 0. The Hall–Kier alpha value is -1.69. The zero-order valence-electron chi connectivity index (χ0n) is 11.7. The third kappa shape index (κ3) is 3.90. The summed E-state index contributed by atoms with van der Waals surface area (Å²) in [7, 11) is 0. The molecule has 20 heavy (non-hydrogen) atoms. The van der Waals surface area contributed by atoms with Crippen molar-refractivity contribution in [3.8, 4) is 0 Å². The van der Waals surface area contributed by atoms with Gasteiger partial charge < -0.3 is 10.6 Å². The van der Waals surface area contributed by atoms with Crippen LogP contribution < -0.4 is 10.6 Å². The Morgan fingerprint density at radius 3 is 2.55 bits per heavy atom. The quantitative estimate of drug-likeness (QED) is 0.507. The molecule has 0 radical (unpaired) electrons. The summed E-state index contributed by atoms with van der Waals surface area (Å²) in [6.07, 6.45) is 3.43. The van der Waals surface area contributed by atoms with Crippen LogP contribution in [0.3, 0.4) is 0 Å². The van der Waals surface area contributed by atoms with Crippen LogP contribution in [-0.4, -0.2) is 16.1 Å². The van der Waals surface area contributed by atoms with E-state index < -0.39 is 4.92 Å². The smallest absolute Gasteiger partial charge is 0.269 e. The first-order valence-corrected chi connectivity index (χ1v) is 7.08. The summed E-state index contributed by atoms with van der Waals surface area (Å²) in [5.41, 5.74) is 1.21. The molecule has 1 unspecified atom stereocenters. The average Bonchev–Trinajstić information content (AvgIpc) is 2.69. The van der Waals surface area contributed by atoms with Crippen molar-refractivity contribution in [2.24, 2.45) is 5.41 Å². The van der Waals surface area contributed by atoms with Crippen molar-refractivity contribution in [1.82, 2.24) is 5.32 Å². The van der Waals surface area contributed by atoms with E-state index >= 15 is 0 Å². The topological polar surface area (TPSA) is 67.2 Å². The fraction of sp³-hybridized carbons (Fsp3) is 0.500. The number of nitro groups is 1. The van der Waals surface area contributed by atoms with Crippen molar-refractivity contribution in [3.63, 3.8) is 0 Å². The Bertz CT molecular complexity index is 514. The Morgan fingerprint density at radius 2 is 2.05 bits per heavy atom. The highest BCUT2D eigenvalue weighted by molar-refractivity contribution is 7.80. The van der Waals surface area contributed by atoms with Gasteiger partial charge >= 0.3 is 0 Å². The SMILES string of the molecule is CC1(C)CCC(NC(=S)Nc2ccc([N+](=O)[O-])cc2)C1. The number of benzene rings is 1. The lowest BCUT2D eigenvalue weighted by molar-refractivity contribution is -0.384. The minimum Gasteiger partial charge on any atom is -0.360 e. The predicted molar refractivity (Wildman–Crippen MR) is 83.9 cm³/mol. The first kappa shape index (κ1) is 14.7. The number of nitrogens with zero attached hydrogens (tertiary/aromatic N) is 1. The third-order valence-electron chi connectivity index (χ3n) is 3.64. The second kappa shape index (κ2) is 5.75. The fourth-order valence-corrected chi connectivity index (χ4v) is 2.86. The average molecular weight is 293 g/mol. The molecule has 1 aromatic rings. The summed E-state index contributed by atoms with van der Waals surface area (Å²) >= 11 is 5.28. The first-order valence-electron chi connectivity index (χ1n) is 6.68. The first-order chi connectivity index (χ1) is 9.35. The maximum absolute atomic E-state index is 10.6. The number of nitro benzene ring substituents is 1. The molecular formula is C14H19N3O2S. The van der Waals surface area contributed by atoms with Crippen LogP contribution in [0.4, 0.5) is 11.4 Å². The van der Waals surface area contributed by atoms with Gasteiger partial charge in [-0.1, -0.05) is 13.8 Å². The van der Waals surface area contributed by atoms with E-state index in [2.05, 4.69) is 24.5 Å². The summed E-state index contributed by atoms with van der Waals surface area (Å²) in [5.74, 6) is 0. The summed E-state index contributed by atoms with van der Waals surface area (Å²) in [4.78, 5) is 10.2. The zero-order valence-corrected chi connectivity index (χ0v) is 12.5. The van der Waals surface area contributed by atoms with Crippen LogP contribution in [0.1, 0.15) is 33.1 Å². The molecule has 0 aromatic heterocycles. The lowest BCUT2D eigenvalue weighted by Crippen LogP contribution is -2.36. The van der Waals surface area contributed by atoms with Crippen molar-refractivity contribution in [3.05, 3.63) is 34.4 Å². The minimum absolute atomic E-state index is 0.0759. The molecule has 2 N–H and O–H groups in total. The molecule has 5 nitrogen and oxygen atoms in total. The number of non-ortho nitro benzene ring substituents is 1. The van der Waals surface area contributed by atoms with Gasteiger partial charge in [0.15, 0.2) is 5.11 Å². The van der Waals surface area contributed by atoms with Crippen LogP contribution >= 0.6 is 12.2 Å². The molecule has 0 spiro atoms. The molecule has 2 rings (SSSR count). The summed E-state index contributed by atoms with van der Waals surface area (Å²) in [6.45, 7) is 4.53. The maximum atomic E-state index is 10.6. The van der Waals surface area contributed by atoms with Crippen LogP contribution in [0.5, 0.6) is 0 Å². The number of thiocarbonyl (C=S) groups is 1. The molecule has 1 atom stereocenters. The van der Waals surface area contributed by atoms with Crippen molar-refractivity contribution < 1.29 is 4.92 Å². The maximum Gasteiger partial charge on any atom is 0.269 e. The Kier molecular flexibility index (Phi) is 4.23. The normalized spacial score (nSPS) is 20.4. The highest BCUT2D eigenvalue weighted by Gasteiger charge is 2.31. The number of anilines is 1. The molecule has 1 aliphatic carbocycles. The van der Waals surface area contributed by atoms with E-state index in [1.807, 2.05) is 0 Å². The van der Waals surface area contributed by atoms with E-state index in [1.54, 1.807) is 12.1 Å². The van der Waals surface area contributed by atoms with Gasteiger partial charge in [0.2, 0.25) is 0 Å². The van der Waals surface area contributed by atoms with Gasteiger partial charge in [0.25, 0.3) is 5.69 Å². The zero-order chi connectivity index (χ0) is 14.8. The van der Waals surface area contributed by atoms with E-state index in [1.165, 1.54) is 18.6 Å². The second-order valence-electron chi connectivity index (χ2n) is 6.01. The molecule has 108 valence electrons. The van der Waals surface area contributed by atoms with Gasteiger partial charge in [0.1, 0.15) is 0 Å². The predicted octanol–water partition coefficient (Wildman–Crippen LogP) is 3.46. The van der Waals surface area contributed by atoms with Gasteiger partial charge in [-0.15, -0.1) is 0 Å². The van der Waals surface area contributed by atoms with E-state index in [4.69, 9.17) is 12.2 Å². The molecule has 1 aromatic carbocycles. The lowest BCUT2D eigenvalue weighted by atomic mass is 9.92. The van der Waals surface area contributed by atoms with Gasteiger partial charge in [-0.05, 0) is 49.0 Å². The molecule has 0 bridgehead atoms. The Labute approximate surface area is 123 Å². The van der Waals surface area contributed by atoms with Crippen LogP contribution in [0.2, 0.25) is 0 Å². The molecule has 0 amide bonds. The monoisotopic (exact) mass is 293 g/mol. The van der Waals surface area contributed by atoms with Crippen molar-refractivity contribution in [2.75, 3.05) is 5.32 Å². The number of rotatable bonds is 3. The van der Waals surface area contributed by atoms with Crippen LogP contribution in [-0.2, 0) is 0 Å². The van der Waals surface area contributed by atoms with Crippen molar-refractivity contribution >= 4 is 28.7 Å². The molecule has 1 fully saturated rings. The standard InChI is InChI=1S/C14H19N3O2S/c1-14(2)8-7-11(9-14)16-13(20)15-10-3-5-12(6-4-10)17(18)19/h3-6,11H,7-9H2,1-2H3,(H2,15,16,20). The van der Waals surface area contributed by atoms with Gasteiger partial charge in [-0.3, -0.25) is 10.1 Å². The third-order valence-corrected chi connectivity index (χ3v) is 3.86. The number of hydrogen-bond donors (Lipinski definition) is 2. The highest BCUT2D eigenvalue weighted by Crippen LogP contribution is 2.36. The minimum atomic E-state index is -0.416. The number of hydrogen-bond acceptors (Lipinski definition) is 3. The molecule has 1 saturated carbocycles. The molecule has 1 aliphatic rings. The molecule has 6 heteroatoms. The Morgan fingerprint density at radius 1 is 1.40 bits per heavy atom. The van der Waals surface area contributed by atoms with E-state index in [-0.39, 0.29) is 5.69 Å². The number of nitrogens with one attached hydrogen (secondary N) is 2. The molecule has 0 saturated heterocycles. The van der Waals surface area contributed by atoms with Crippen molar-refractivity contribution in [1.29, 1.82) is 0 Å². The summed E-state index contributed by atoms with van der Waals surface area (Å²) in [5, 5.41) is 17.5. The van der Waals surface area contributed by atoms with Crippen LogP contribution in [0.25, 0.3) is 0 Å². The second-order valence-corrected chi connectivity index (χ2v) is 6.41. The molecule has 0 heterocycles. The van der Waals surface area contributed by atoms with Crippen LogP contribution in [0, 0.1) is 15.5 Å². The Balaban J connectivity index is 1.87. The van der Waals surface area contributed by atoms with E-state index in [0.717, 1.165) is 18.5 Å². The molecular weight excluding hydrogens is 274 g/mol. The van der Waals surface area contributed by atoms with Crippen molar-refractivity contribution in [2.45, 2.75) is 39.2 Å². The van der Waals surface area contributed by atoms with Gasteiger partial charge in [0, 0.05) is 23.9 Å². The van der Waals surface area contributed by atoms with Gasteiger partial charge in [0.05, 0.1) is 4.92 Å². The van der Waals surface area contributed by atoms with E-state index in [0.29, 0.717) is 16.6 Å².